The number of benzene rings is 1. The molecule has 17 heavy (non-hydrogen) atoms. The Balaban J connectivity index is 2.13. The Morgan fingerprint density at radius 3 is 2.53 bits per heavy atom. The first-order valence-corrected chi connectivity index (χ1v) is 5.90. The monoisotopic (exact) mass is 229 g/mol. The van der Waals surface area contributed by atoms with Crippen molar-refractivity contribution in [3.63, 3.8) is 0 Å². The van der Waals surface area contributed by atoms with E-state index in [2.05, 4.69) is 47.8 Å². The summed E-state index contributed by atoms with van der Waals surface area (Å²) in [7, 11) is 3.95. The first kappa shape index (κ1) is 11.9. The van der Waals surface area contributed by atoms with Crippen LogP contribution in [0.4, 0.5) is 0 Å². The molecule has 0 spiro atoms. The molecule has 1 atom stereocenters. The molecule has 1 aromatic carbocycles. The summed E-state index contributed by atoms with van der Waals surface area (Å²) in [4.78, 5) is 0. The molecule has 1 heterocycles. The number of nitrogens with one attached hydrogen (secondary N) is 1. The van der Waals surface area contributed by atoms with Crippen LogP contribution < -0.4 is 5.32 Å². The third-order valence-electron chi connectivity index (χ3n) is 3.03. The zero-order valence-electron chi connectivity index (χ0n) is 10.6. The highest BCUT2D eigenvalue weighted by Gasteiger charge is 2.10. The van der Waals surface area contributed by atoms with E-state index in [-0.39, 0.29) is 0 Å². The first-order valence-electron chi connectivity index (χ1n) is 5.90. The van der Waals surface area contributed by atoms with Crippen LogP contribution in [0.3, 0.4) is 0 Å². The van der Waals surface area contributed by atoms with Crippen LogP contribution in [0, 0.1) is 6.92 Å². The zero-order chi connectivity index (χ0) is 12.3. The van der Waals surface area contributed by atoms with Crippen molar-refractivity contribution in [1.29, 1.82) is 0 Å². The number of aromatic nitrogens is 2. The van der Waals surface area contributed by atoms with Crippen molar-refractivity contribution < 1.29 is 0 Å². The van der Waals surface area contributed by atoms with Gasteiger partial charge in [-0.1, -0.05) is 29.8 Å². The van der Waals surface area contributed by atoms with Crippen LogP contribution in [-0.4, -0.2) is 16.8 Å². The average molecular weight is 229 g/mol. The lowest BCUT2D eigenvalue weighted by atomic mass is 10.00. The van der Waals surface area contributed by atoms with E-state index in [1.807, 2.05) is 25.0 Å². The largest absolute Gasteiger partial charge is 0.313 e. The van der Waals surface area contributed by atoms with Gasteiger partial charge in [0, 0.05) is 19.3 Å². The van der Waals surface area contributed by atoms with Crippen LogP contribution in [0.2, 0.25) is 0 Å². The molecule has 3 nitrogen and oxygen atoms in total. The second-order valence-electron chi connectivity index (χ2n) is 4.48. The normalized spacial score (nSPS) is 12.6. The van der Waals surface area contributed by atoms with E-state index in [9.17, 15) is 0 Å². The fourth-order valence-corrected chi connectivity index (χ4v) is 2.00. The van der Waals surface area contributed by atoms with Crippen LogP contribution >= 0.6 is 0 Å². The molecule has 1 unspecified atom stereocenters. The van der Waals surface area contributed by atoms with Gasteiger partial charge in [-0.05, 0) is 31.5 Å². The molecule has 0 saturated carbocycles. The summed E-state index contributed by atoms with van der Waals surface area (Å²) in [6.07, 6.45) is 4.96. The van der Waals surface area contributed by atoms with Gasteiger partial charge in [0.25, 0.3) is 0 Å². The number of hydrogen-bond acceptors (Lipinski definition) is 2. The van der Waals surface area contributed by atoms with Gasteiger partial charge in [-0.25, -0.2) is 0 Å². The molecular formula is C14H19N3. The van der Waals surface area contributed by atoms with E-state index in [4.69, 9.17) is 0 Å². The van der Waals surface area contributed by atoms with Crippen LogP contribution in [0.25, 0.3) is 0 Å². The van der Waals surface area contributed by atoms with Crippen molar-refractivity contribution in [3.8, 4) is 0 Å². The molecular weight excluding hydrogens is 210 g/mol. The number of hydrogen-bond donors (Lipinski definition) is 1. The van der Waals surface area contributed by atoms with Crippen molar-refractivity contribution in [3.05, 3.63) is 53.3 Å². The molecule has 1 N–H and O–H groups in total. The molecule has 3 heteroatoms. The maximum absolute atomic E-state index is 4.20. The minimum atomic E-state index is 0.347. The molecule has 0 radical (unpaired) electrons. The molecule has 0 aliphatic rings. The lowest BCUT2D eigenvalue weighted by Gasteiger charge is -2.15. The van der Waals surface area contributed by atoms with Gasteiger partial charge in [-0.2, -0.15) is 5.10 Å². The maximum Gasteiger partial charge on any atom is 0.0522 e. The van der Waals surface area contributed by atoms with Gasteiger partial charge in [0.05, 0.1) is 6.20 Å². The number of nitrogens with zero attached hydrogens (tertiary/aromatic N) is 2. The molecule has 1 aromatic heterocycles. The van der Waals surface area contributed by atoms with Gasteiger partial charge < -0.3 is 5.32 Å². The third kappa shape index (κ3) is 2.94. The van der Waals surface area contributed by atoms with Crippen molar-refractivity contribution in [2.24, 2.45) is 7.05 Å². The summed E-state index contributed by atoms with van der Waals surface area (Å²) in [5.74, 6) is 0. The Labute approximate surface area is 102 Å². The van der Waals surface area contributed by atoms with E-state index in [1.54, 1.807) is 0 Å². The predicted molar refractivity (Wildman–Crippen MR) is 69.9 cm³/mol. The van der Waals surface area contributed by atoms with Crippen LogP contribution in [0.5, 0.6) is 0 Å². The minimum Gasteiger partial charge on any atom is -0.313 e. The van der Waals surface area contributed by atoms with Crippen LogP contribution in [0.15, 0.2) is 36.7 Å². The highest BCUT2D eigenvalue weighted by molar-refractivity contribution is 5.25. The van der Waals surface area contributed by atoms with Gasteiger partial charge in [-0.15, -0.1) is 0 Å². The van der Waals surface area contributed by atoms with Gasteiger partial charge >= 0.3 is 0 Å². The molecule has 0 aliphatic heterocycles. The average Bonchev–Trinajstić information content (AvgIpc) is 2.73. The van der Waals surface area contributed by atoms with Gasteiger partial charge in [0.2, 0.25) is 0 Å². The van der Waals surface area contributed by atoms with E-state index in [0.717, 1.165) is 6.42 Å². The van der Waals surface area contributed by atoms with Crippen molar-refractivity contribution >= 4 is 0 Å². The summed E-state index contributed by atoms with van der Waals surface area (Å²) in [5, 5.41) is 7.56. The third-order valence-corrected chi connectivity index (χ3v) is 3.03. The lowest BCUT2D eigenvalue weighted by molar-refractivity contribution is 0.591. The Morgan fingerprint density at radius 1 is 1.29 bits per heavy atom. The minimum absolute atomic E-state index is 0.347. The summed E-state index contributed by atoms with van der Waals surface area (Å²) < 4.78 is 1.84. The molecule has 2 rings (SSSR count). The van der Waals surface area contributed by atoms with Gasteiger partial charge in [0.15, 0.2) is 0 Å². The number of likely N-dealkylation sites (N-methyl/N-ethyl adjacent to an activating group) is 1. The summed E-state index contributed by atoms with van der Waals surface area (Å²) in [5.41, 5.74) is 3.87. The smallest absolute Gasteiger partial charge is 0.0522 e. The second-order valence-corrected chi connectivity index (χ2v) is 4.48. The van der Waals surface area contributed by atoms with Crippen molar-refractivity contribution in [2.45, 2.75) is 19.4 Å². The van der Waals surface area contributed by atoms with Crippen LogP contribution in [-0.2, 0) is 13.5 Å². The highest BCUT2D eigenvalue weighted by Crippen LogP contribution is 2.18. The molecule has 0 saturated heterocycles. The highest BCUT2D eigenvalue weighted by atomic mass is 15.2. The molecule has 2 aromatic rings. The Bertz CT molecular complexity index is 470. The maximum atomic E-state index is 4.20. The fraction of sp³-hybridized carbons (Fsp3) is 0.357. The number of aryl methyl sites for hydroxylation is 2. The zero-order valence-corrected chi connectivity index (χ0v) is 10.6. The molecule has 0 fully saturated rings. The Kier molecular flexibility index (Phi) is 3.59. The molecule has 0 amide bonds. The standard InChI is InChI=1S/C14H19N3/c1-11-4-6-13(7-5-11)14(15-2)8-12-9-16-17(3)10-12/h4-7,9-10,14-15H,8H2,1-3H3. The van der Waals surface area contributed by atoms with Gasteiger partial charge in [-0.3, -0.25) is 4.68 Å². The predicted octanol–water partition coefficient (Wildman–Crippen LogP) is 2.23. The molecule has 0 bridgehead atoms. The van der Waals surface area contributed by atoms with E-state index in [0.29, 0.717) is 6.04 Å². The lowest BCUT2D eigenvalue weighted by Crippen LogP contribution is -2.18. The second kappa shape index (κ2) is 5.15. The van der Waals surface area contributed by atoms with Crippen LogP contribution in [0.1, 0.15) is 22.7 Å². The fourth-order valence-electron chi connectivity index (χ4n) is 2.00. The van der Waals surface area contributed by atoms with Crippen molar-refractivity contribution in [1.82, 2.24) is 15.1 Å². The Hall–Kier alpha value is -1.61. The number of rotatable bonds is 4. The quantitative estimate of drug-likeness (QED) is 0.871. The summed E-state index contributed by atoms with van der Waals surface area (Å²) in [6, 6.07) is 9.03. The van der Waals surface area contributed by atoms with E-state index in [1.165, 1.54) is 16.7 Å². The van der Waals surface area contributed by atoms with Crippen molar-refractivity contribution in [2.75, 3.05) is 7.05 Å². The SMILES string of the molecule is CNC(Cc1cnn(C)c1)c1ccc(C)cc1. The summed E-state index contributed by atoms with van der Waals surface area (Å²) >= 11 is 0. The molecule has 0 aliphatic carbocycles. The van der Waals surface area contributed by atoms with E-state index >= 15 is 0 Å². The summed E-state index contributed by atoms with van der Waals surface area (Å²) in [6.45, 7) is 2.11. The topological polar surface area (TPSA) is 29.9 Å². The Morgan fingerprint density at radius 2 is 2.00 bits per heavy atom. The molecule has 90 valence electrons. The first-order chi connectivity index (χ1) is 8.19. The van der Waals surface area contributed by atoms with Gasteiger partial charge in [0.1, 0.15) is 0 Å². The van der Waals surface area contributed by atoms with E-state index < -0.39 is 0 Å².